The number of halogens is 1. The van der Waals surface area contributed by atoms with Gasteiger partial charge in [0.2, 0.25) is 10.0 Å². The van der Waals surface area contributed by atoms with Crippen LogP contribution in [0.4, 0.5) is 5.69 Å². The molecule has 1 atom stereocenters. The van der Waals surface area contributed by atoms with E-state index in [-0.39, 0.29) is 24.3 Å². The second-order valence-electron chi connectivity index (χ2n) is 7.84. The molecular weight excluding hydrogens is 496 g/mol. The van der Waals surface area contributed by atoms with Gasteiger partial charge in [0.15, 0.2) is 6.61 Å². The average molecular weight is 523 g/mol. The van der Waals surface area contributed by atoms with E-state index in [2.05, 4.69) is 15.8 Å². The van der Waals surface area contributed by atoms with E-state index in [0.29, 0.717) is 22.9 Å². The third kappa shape index (κ3) is 8.85. The van der Waals surface area contributed by atoms with Crippen LogP contribution < -0.4 is 19.8 Å². The number of rotatable bonds is 11. The summed E-state index contributed by atoms with van der Waals surface area (Å²) in [6, 6.07) is 12.9. The van der Waals surface area contributed by atoms with E-state index in [9.17, 15) is 18.0 Å². The Balaban J connectivity index is 1.45. The van der Waals surface area contributed by atoms with Crippen LogP contribution in [0.25, 0.3) is 0 Å². The SMILES string of the molecule is CS(=O)(=O)N(CC(=O)N/N=C\c1ccc(OCC(=O)NC[C@@H]2CCCO2)cc1)c1cccc(Cl)c1. The van der Waals surface area contributed by atoms with Crippen LogP contribution in [0.3, 0.4) is 0 Å². The van der Waals surface area contributed by atoms with E-state index < -0.39 is 22.5 Å². The Bertz CT molecular complexity index is 1150. The van der Waals surface area contributed by atoms with Crippen LogP contribution in [-0.2, 0) is 24.3 Å². The van der Waals surface area contributed by atoms with Gasteiger partial charge < -0.3 is 14.8 Å². The Morgan fingerprint density at radius 2 is 2.00 bits per heavy atom. The Morgan fingerprint density at radius 3 is 2.66 bits per heavy atom. The van der Waals surface area contributed by atoms with Crippen LogP contribution in [0, 0.1) is 0 Å². The molecule has 2 amide bonds. The smallest absolute Gasteiger partial charge is 0.260 e. The molecule has 1 saturated heterocycles. The minimum atomic E-state index is -3.72. The molecule has 0 spiro atoms. The molecule has 188 valence electrons. The van der Waals surface area contributed by atoms with Crippen molar-refractivity contribution in [1.82, 2.24) is 10.7 Å². The molecule has 0 radical (unpaired) electrons. The van der Waals surface area contributed by atoms with E-state index in [1.807, 2.05) is 0 Å². The second kappa shape index (κ2) is 12.5. The molecule has 2 N–H and O–H groups in total. The van der Waals surface area contributed by atoms with Gasteiger partial charge in [0, 0.05) is 18.2 Å². The molecule has 3 rings (SSSR count). The van der Waals surface area contributed by atoms with Crippen LogP contribution >= 0.6 is 11.6 Å². The summed E-state index contributed by atoms with van der Waals surface area (Å²) >= 11 is 5.93. The summed E-state index contributed by atoms with van der Waals surface area (Å²) in [7, 11) is -3.72. The lowest BCUT2D eigenvalue weighted by Crippen LogP contribution is -2.39. The Labute approximate surface area is 209 Å². The first-order valence-electron chi connectivity index (χ1n) is 10.9. The largest absolute Gasteiger partial charge is 0.484 e. The predicted octanol–water partition coefficient (Wildman–Crippen LogP) is 1.93. The van der Waals surface area contributed by atoms with Crippen LogP contribution in [0.5, 0.6) is 5.75 Å². The monoisotopic (exact) mass is 522 g/mol. The molecule has 0 bridgehead atoms. The lowest BCUT2D eigenvalue weighted by Gasteiger charge is -2.21. The standard InChI is InChI=1S/C23H27ClN4O6S/c1-35(31,32)28(19-5-2-4-18(24)12-19)15-22(29)27-26-13-17-7-9-20(10-8-17)34-16-23(30)25-14-21-6-3-11-33-21/h2,4-5,7-10,12-13,21H,3,6,11,14-16H2,1H3,(H,25,30)(H,27,29)/b26-13-/t21-/m0/s1. The van der Waals surface area contributed by atoms with Crippen LogP contribution in [-0.4, -0.2) is 65.1 Å². The number of carbonyl (C=O) groups excluding carboxylic acids is 2. The molecule has 0 saturated carbocycles. The number of ether oxygens (including phenoxy) is 2. The van der Waals surface area contributed by atoms with Crippen molar-refractivity contribution in [3.8, 4) is 5.75 Å². The zero-order valence-corrected chi connectivity index (χ0v) is 20.7. The fourth-order valence-electron chi connectivity index (χ4n) is 3.26. The topological polar surface area (TPSA) is 126 Å². The van der Waals surface area contributed by atoms with E-state index in [1.54, 1.807) is 42.5 Å². The summed E-state index contributed by atoms with van der Waals surface area (Å²) in [5, 5.41) is 7.00. The maximum atomic E-state index is 12.3. The summed E-state index contributed by atoms with van der Waals surface area (Å²) < 4.78 is 36.1. The van der Waals surface area contributed by atoms with Crippen molar-refractivity contribution >= 4 is 45.3 Å². The van der Waals surface area contributed by atoms with Crippen molar-refractivity contribution in [2.75, 3.05) is 36.9 Å². The number of benzene rings is 2. The average Bonchev–Trinajstić information content (AvgIpc) is 3.34. The Kier molecular flexibility index (Phi) is 9.47. The van der Waals surface area contributed by atoms with Gasteiger partial charge in [-0.2, -0.15) is 5.10 Å². The van der Waals surface area contributed by atoms with Crippen molar-refractivity contribution < 1.29 is 27.5 Å². The molecule has 10 nitrogen and oxygen atoms in total. The van der Waals surface area contributed by atoms with Gasteiger partial charge in [-0.05, 0) is 60.9 Å². The molecular formula is C23H27ClN4O6S. The van der Waals surface area contributed by atoms with Crippen molar-refractivity contribution in [3.63, 3.8) is 0 Å². The fourth-order valence-corrected chi connectivity index (χ4v) is 4.29. The Morgan fingerprint density at radius 1 is 1.23 bits per heavy atom. The van der Waals surface area contributed by atoms with Gasteiger partial charge in [0.25, 0.3) is 11.8 Å². The molecule has 1 heterocycles. The van der Waals surface area contributed by atoms with Crippen LogP contribution in [0.1, 0.15) is 18.4 Å². The molecule has 0 aliphatic carbocycles. The van der Waals surface area contributed by atoms with Crippen LogP contribution in [0.15, 0.2) is 53.6 Å². The molecule has 2 aromatic rings. The van der Waals surface area contributed by atoms with E-state index in [4.69, 9.17) is 21.1 Å². The quantitative estimate of drug-likeness (QED) is 0.343. The normalized spacial score (nSPS) is 15.7. The summed E-state index contributed by atoms with van der Waals surface area (Å²) in [4.78, 5) is 24.1. The van der Waals surface area contributed by atoms with Crippen molar-refractivity contribution in [2.24, 2.45) is 5.10 Å². The van der Waals surface area contributed by atoms with Gasteiger partial charge in [-0.25, -0.2) is 13.8 Å². The van der Waals surface area contributed by atoms with Gasteiger partial charge >= 0.3 is 0 Å². The minimum Gasteiger partial charge on any atom is -0.484 e. The maximum Gasteiger partial charge on any atom is 0.260 e. The number of sulfonamides is 1. The highest BCUT2D eigenvalue weighted by atomic mass is 35.5. The molecule has 12 heteroatoms. The highest BCUT2D eigenvalue weighted by Crippen LogP contribution is 2.21. The van der Waals surface area contributed by atoms with Crippen molar-refractivity contribution in [2.45, 2.75) is 18.9 Å². The molecule has 1 aliphatic heterocycles. The first-order chi connectivity index (χ1) is 16.7. The van der Waals surface area contributed by atoms with Gasteiger partial charge in [-0.15, -0.1) is 0 Å². The summed E-state index contributed by atoms with van der Waals surface area (Å²) in [6.07, 6.45) is 4.44. The number of hydrazone groups is 1. The number of carbonyl (C=O) groups is 2. The van der Waals surface area contributed by atoms with E-state index >= 15 is 0 Å². The molecule has 0 aromatic heterocycles. The number of hydrogen-bond acceptors (Lipinski definition) is 7. The van der Waals surface area contributed by atoms with Gasteiger partial charge in [-0.1, -0.05) is 17.7 Å². The van der Waals surface area contributed by atoms with Crippen LogP contribution in [0.2, 0.25) is 5.02 Å². The lowest BCUT2D eigenvalue weighted by molar-refractivity contribution is -0.123. The summed E-state index contributed by atoms with van der Waals surface area (Å²) in [5.41, 5.74) is 3.24. The number of nitrogens with one attached hydrogen (secondary N) is 2. The zero-order valence-electron chi connectivity index (χ0n) is 19.1. The summed E-state index contributed by atoms with van der Waals surface area (Å²) in [6.45, 7) is 0.640. The number of nitrogens with zero attached hydrogens (tertiary/aromatic N) is 2. The Hall–Kier alpha value is -3.15. The van der Waals surface area contributed by atoms with Gasteiger partial charge in [0.05, 0.1) is 24.3 Å². The molecule has 2 aromatic carbocycles. The molecule has 35 heavy (non-hydrogen) atoms. The predicted molar refractivity (Wildman–Crippen MR) is 133 cm³/mol. The highest BCUT2D eigenvalue weighted by Gasteiger charge is 2.21. The first-order valence-corrected chi connectivity index (χ1v) is 13.1. The maximum absolute atomic E-state index is 12.3. The number of amides is 2. The molecule has 0 unspecified atom stereocenters. The number of hydrogen-bond donors (Lipinski definition) is 2. The third-order valence-electron chi connectivity index (χ3n) is 4.99. The number of anilines is 1. The van der Waals surface area contributed by atoms with Gasteiger partial charge in [0.1, 0.15) is 12.3 Å². The lowest BCUT2D eigenvalue weighted by atomic mass is 10.2. The zero-order chi connectivity index (χ0) is 25.3. The highest BCUT2D eigenvalue weighted by molar-refractivity contribution is 7.92. The van der Waals surface area contributed by atoms with Gasteiger partial charge in [-0.3, -0.25) is 13.9 Å². The second-order valence-corrected chi connectivity index (χ2v) is 10.2. The first kappa shape index (κ1) is 26.5. The molecule has 1 fully saturated rings. The van der Waals surface area contributed by atoms with E-state index in [0.717, 1.165) is 30.0 Å². The fraction of sp³-hybridized carbons (Fsp3) is 0.348. The third-order valence-corrected chi connectivity index (χ3v) is 6.36. The minimum absolute atomic E-state index is 0.0734. The summed E-state index contributed by atoms with van der Waals surface area (Å²) in [5.74, 6) is -0.348. The van der Waals surface area contributed by atoms with Crippen molar-refractivity contribution in [3.05, 3.63) is 59.1 Å². The molecule has 1 aliphatic rings. The van der Waals surface area contributed by atoms with Crippen molar-refractivity contribution in [1.29, 1.82) is 0 Å². The van der Waals surface area contributed by atoms with E-state index in [1.165, 1.54) is 12.3 Å².